The molecule has 2 aliphatic heterocycles. The smallest absolute Gasteiger partial charge is 0.251 e. The molecule has 5 heterocycles. The van der Waals surface area contributed by atoms with E-state index in [0.29, 0.717) is 18.0 Å². The monoisotopic (exact) mass is 392 g/mol. The van der Waals surface area contributed by atoms with Crippen LogP contribution in [0.2, 0.25) is 0 Å². The highest BCUT2D eigenvalue weighted by atomic mass is 16.5. The summed E-state index contributed by atoms with van der Waals surface area (Å²) in [5.74, 6) is 1.13. The van der Waals surface area contributed by atoms with Crippen molar-refractivity contribution in [2.45, 2.75) is 31.2 Å². The Labute approximate surface area is 168 Å². The van der Waals surface area contributed by atoms with Crippen molar-refractivity contribution in [2.24, 2.45) is 0 Å². The number of pyridine rings is 1. The van der Waals surface area contributed by atoms with Crippen molar-refractivity contribution in [3.8, 4) is 0 Å². The molecule has 0 aliphatic carbocycles. The number of rotatable bonds is 4. The maximum Gasteiger partial charge on any atom is 0.251 e. The van der Waals surface area contributed by atoms with Crippen LogP contribution < -0.4 is 10.2 Å². The SMILES string of the molecule is O=C(NC1CCN(c2nccc(C3CCOCC3)n2)C1)c1ccn2ccnc2c1. The Morgan fingerprint density at radius 1 is 1.10 bits per heavy atom. The molecule has 3 aromatic heterocycles. The highest BCUT2D eigenvalue weighted by Crippen LogP contribution is 2.26. The number of fused-ring (bicyclic) bond motifs is 1. The lowest BCUT2D eigenvalue weighted by Crippen LogP contribution is -2.37. The molecule has 29 heavy (non-hydrogen) atoms. The molecule has 0 spiro atoms. The minimum absolute atomic E-state index is 0.0702. The predicted octanol–water partition coefficient (Wildman–Crippen LogP) is 2.03. The third-order valence-corrected chi connectivity index (χ3v) is 5.77. The third-order valence-electron chi connectivity index (χ3n) is 5.77. The molecule has 1 unspecified atom stereocenters. The van der Waals surface area contributed by atoms with E-state index in [0.717, 1.165) is 56.3 Å². The maximum absolute atomic E-state index is 12.7. The fourth-order valence-electron chi connectivity index (χ4n) is 4.11. The largest absolute Gasteiger partial charge is 0.381 e. The van der Waals surface area contributed by atoms with Crippen LogP contribution in [-0.4, -0.2) is 57.6 Å². The first-order chi connectivity index (χ1) is 14.3. The average molecular weight is 392 g/mol. The topological polar surface area (TPSA) is 84.7 Å². The second kappa shape index (κ2) is 7.79. The van der Waals surface area contributed by atoms with Crippen LogP contribution >= 0.6 is 0 Å². The summed E-state index contributed by atoms with van der Waals surface area (Å²) >= 11 is 0. The molecule has 2 saturated heterocycles. The summed E-state index contributed by atoms with van der Waals surface area (Å²) in [7, 11) is 0. The van der Waals surface area contributed by atoms with E-state index in [2.05, 4.69) is 20.2 Å². The highest BCUT2D eigenvalue weighted by Gasteiger charge is 2.27. The Bertz CT molecular complexity index is 1010. The number of nitrogens with one attached hydrogen (secondary N) is 1. The lowest BCUT2D eigenvalue weighted by molar-refractivity contribution is 0.0845. The van der Waals surface area contributed by atoms with E-state index < -0.39 is 0 Å². The van der Waals surface area contributed by atoms with Gasteiger partial charge in [-0.15, -0.1) is 0 Å². The summed E-state index contributed by atoms with van der Waals surface area (Å²) in [4.78, 5) is 28.4. The lowest BCUT2D eigenvalue weighted by atomic mass is 9.96. The first kappa shape index (κ1) is 18.1. The van der Waals surface area contributed by atoms with Gasteiger partial charge in [0.05, 0.1) is 0 Å². The summed E-state index contributed by atoms with van der Waals surface area (Å²) in [6, 6.07) is 5.72. The van der Waals surface area contributed by atoms with Crippen LogP contribution in [0.4, 0.5) is 5.95 Å². The molecule has 0 saturated carbocycles. The van der Waals surface area contributed by atoms with Gasteiger partial charge in [-0.2, -0.15) is 0 Å². The number of carbonyl (C=O) groups is 1. The van der Waals surface area contributed by atoms with Crippen molar-refractivity contribution in [3.63, 3.8) is 0 Å². The number of imidazole rings is 1. The van der Waals surface area contributed by atoms with Crippen LogP contribution in [0.1, 0.15) is 41.2 Å². The Balaban J connectivity index is 1.23. The van der Waals surface area contributed by atoms with E-state index in [1.165, 1.54) is 0 Å². The van der Waals surface area contributed by atoms with E-state index in [4.69, 9.17) is 9.72 Å². The van der Waals surface area contributed by atoms with E-state index in [9.17, 15) is 4.79 Å². The Morgan fingerprint density at radius 3 is 2.90 bits per heavy atom. The summed E-state index contributed by atoms with van der Waals surface area (Å²) in [5.41, 5.74) is 2.49. The van der Waals surface area contributed by atoms with Gasteiger partial charge in [-0.1, -0.05) is 0 Å². The van der Waals surface area contributed by atoms with Gasteiger partial charge in [-0.3, -0.25) is 4.79 Å². The minimum Gasteiger partial charge on any atom is -0.381 e. The highest BCUT2D eigenvalue weighted by molar-refractivity contribution is 5.95. The second-order valence-corrected chi connectivity index (χ2v) is 7.68. The number of carbonyl (C=O) groups excluding carboxylic acids is 1. The molecule has 8 heteroatoms. The van der Waals surface area contributed by atoms with Crippen molar-refractivity contribution in [3.05, 3.63) is 54.2 Å². The van der Waals surface area contributed by atoms with E-state index in [1.807, 2.05) is 41.2 Å². The zero-order chi connectivity index (χ0) is 19.6. The molecule has 0 radical (unpaired) electrons. The maximum atomic E-state index is 12.7. The molecule has 150 valence electrons. The van der Waals surface area contributed by atoms with Crippen LogP contribution in [0.5, 0.6) is 0 Å². The molecule has 8 nitrogen and oxygen atoms in total. The molecule has 3 aromatic rings. The fraction of sp³-hybridized carbons (Fsp3) is 0.429. The van der Waals surface area contributed by atoms with Crippen molar-refractivity contribution in [2.75, 3.05) is 31.2 Å². The van der Waals surface area contributed by atoms with Gasteiger partial charge >= 0.3 is 0 Å². The molecular formula is C21H24N6O2. The van der Waals surface area contributed by atoms with E-state index in [-0.39, 0.29) is 11.9 Å². The molecule has 2 aliphatic rings. The van der Waals surface area contributed by atoms with Crippen LogP contribution in [0.15, 0.2) is 43.0 Å². The predicted molar refractivity (Wildman–Crippen MR) is 108 cm³/mol. The van der Waals surface area contributed by atoms with Crippen LogP contribution in [-0.2, 0) is 4.74 Å². The summed E-state index contributed by atoms with van der Waals surface area (Å²) in [6.45, 7) is 3.15. The van der Waals surface area contributed by atoms with Gasteiger partial charge in [0.2, 0.25) is 5.95 Å². The zero-order valence-electron chi connectivity index (χ0n) is 16.2. The van der Waals surface area contributed by atoms with Gasteiger partial charge in [-0.25, -0.2) is 15.0 Å². The number of amides is 1. The van der Waals surface area contributed by atoms with Crippen LogP contribution in [0.25, 0.3) is 5.65 Å². The molecular weight excluding hydrogens is 368 g/mol. The zero-order valence-corrected chi connectivity index (χ0v) is 16.2. The van der Waals surface area contributed by atoms with E-state index in [1.54, 1.807) is 6.20 Å². The van der Waals surface area contributed by atoms with Gasteiger partial charge in [0.25, 0.3) is 5.91 Å². The van der Waals surface area contributed by atoms with Crippen molar-refractivity contribution in [1.82, 2.24) is 24.7 Å². The number of hydrogen-bond acceptors (Lipinski definition) is 6. The lowest BCUT2D eigenvalue weighted by Gasteiger charge is -2.23. The Kier molecular flexibility index (Phi) is 4.85. The summed E-state index contributed by atoms with van der Waals surface area (Å²) < 4.78 is 7.34. The molecule has 1 N–H and O–H groups in total. The van der Waals surface area contributed by atoms with Crippen LogP contribution in [0.3, 0.4) is 0 Å². The molecule has 1 atom stereocenters. The van der Waals surface area contributed by atoms with Gasteiger partial charge in [0, 0.05) is 74.3 Å². The number of aromatic nitrogens is 4. The normalized spacial score (nSPS) is 20.3. The first-order valence-electron chi connectivity index (χ1n) is 10.2. The first-order valence-corrected chi connectivity index (χ1v) is 10.2. The Hall–Kier alpha value is -3.00. The van der Waals surface area contributed by atoms with Crippen molar-refractivity contribution >= 4 is 17.5 Å². The number of hydrogen-bond donors (Lipinski definition) is 1. The molecule has 5 rings (SSSR count). The second-order valence-electron chi connectivity index (χ2n) is 7.68. The number of nitrogens with zero attached hydrogens (tertiary/aromatic N) is 5. The van der Waals surface area contributed by atoms with Gasteiger partial charge in [0.1, 0.15) is 5.65 Å². The van der Waals surface area contributed by atoms with Gasteiger partial charge in [-0.05, 0) is 37.5 Å². The minimum atomic E-state index is -0.0702. The van der Waals surface area contributed by atoms with Crippen molar-refractivity contribution in [1.29, 1.82) is 0 Å². The summed E-state index contributed by atoms with van der Waals surface area (Å²) in [6.07, 6.45) is 10.2. The Morgan fingerprint density at radius 2 is 2.00 bits per heavy atom. The van der Waals surface area contributed by atoms with Crippen molar-refractivity contribution < 1.29 is 9.53 Å². The van der Waals surface area contributed by atoms with Gasteiger partial charge in [0.15, 0.2) is 0 Å². The average Bonchev–Trinajstić information content (AvgIpc) is 3.43. The number of anilines is 1. The van der Waals surface area contributed by atoms with Crippen LogP contribution in [0, 0.1) is 0 Å². The molecule has 0 bridgehead atoms. The summed E-state index contributed by atoms with van der Waals surface area (Å²) in [5, 5.41) is 3.14. The third kappa shape index (κ3) is 3.80. The standard InChI is InChI=1S/C21H24N6O2/c28-20(16-2-8-26-10-7-22-19(26)13-16)24-17-3-9-27(14-17)21-23-6-1-18(25-21)15-4-11-29-12-5-15/h1-2,6-8,10,13,15,17H,3-5,9,11-12,14H2,(H,24,28). The molecule has 0 aromatic carbocycles. The number of ether oxygens (including phenoxy) is 1. The van der Waals surface area contributed by atoms with E-state index >= 15 is 0 Å². The molecule has 2 fully saturated rings. The molecule has 1 amide bonds. The fourth-order valence-corrected chi connectivity index (χ4v) is 4.11. The quantitative estimate of drug-likeness (QED) is 0.731. The van der Waals surface area contributed by atoms with Gasteiger partial charge < -0.3 is 19.4 Å².